The van der Waals surface area contributed by atoms with Crippen LogP contribution in [0.5, 0.6) is 0 Å². The van der Waals surface area contributed by atoms with Gasteiger partial charge >= 0.3 is 0 Å². The maximum atomic E-state index is 13.3. The van der Waals surface area contributed by atoms with Crippen LogP contribution in [0.2, 0.25) is 33.2 Å². The third kappa shape index (κ3) is 5.02. The minimum Gasteiger partial charge on any atom is -0.369 e. The highest BCUT2D eigenvalue weighted by Gasteiger charge is 2.51. The summed E-state index contributed by atoms with van der Waals surface area (Å²) in [6, 6.07) is 21.2. The molecular formula is C46H54O2S2Si2. The lowest BCUT2D eigenvalue weighted by atomic mass is 9.87. The fourth-order valence-electron chi connectivity index (χ4n) is 10.6. The highest BCUT2D eigenvalue weighted by molar-refractivity contribution is 7.23. The zero-order valence-corrected chi connectivity index (χ0v) is 36.6. The van der Waals surface area contributed by atoms with Gasteiger partial charge in [-0.15, -0.1) is 33.8 Å². The normalized spacial score (nSPS) is 19.5. The molecule has 0 radical (unpaired) electrons. The van der Waals surface area contributed by atoms with E-state index in [2.05, 4.69) is 167 Å². The molecule has 2 atom stereocenters. The number of hydrogen-bond acceptors (Lipinski definition) is 4. The van der Waals surface area contributed by atoms with Crippen molar-refractivity contribution in [3.63, 3.8) is 0 Å². The van der Waals surface area contributed by atoms with Crippen LogP contribution in [0.3, 0.4) is 0 Å². The molecule has 2 nitrogen and oxygen atoms in total. The lowest BCUT2D eigenvalue weighted by molar-refractivity contribution is 0.149. The Bertz CT molecular complexity index is 2140. The Kier molecular flexibility index (Phi) is 9.22. The first-order valence-electron chi connectivity index (χ1n) is 19.2. The number of fused-ring (bicyclic) bond motifs is 10. The minimum atomic E-state index is -2.18. The third-order valence-electron chi connectivity index (χ3n) is 13.0. The Morgan fingerprint density at radius 2 is 0.808 bits per heavy atom. The van der Waals surface area contributed by atoms with Gasteiger partial charge < -0.3 is 10.2 Å². The fourth-order valence-corrected chi connectivity index (χ4v) is 23.7. The first-order valence-corrected chi connectivity index (χ1v) is 25.3. The van der Waals surface area contributed by atoms with Gasteiger partial charge in [-0.05, 0) is 57.5 Å². The van der Waals surface area contributed by atoms with Gasteiger partial charge in [-0.25, -0.2) is 0 Å². The second-order valence-corrected chi connectivity index (χ2v) is 30.5. The van der Waals surface area contributed by atoms with Crippen LogP contribution in [0.4, 0.5) is 0 Å². The summed E-state index contributed by atoms with van der Waals surface area (Å²) in [5.74, 6) is 7.34. The molecule has 6 heteroatoms. The summed E-state index contributed by atoms with van der Waals surface area (Å²) in [7, 11) is -4.36. The molecule has 2 heterocycles. The number of benzene rings is 3. The Labute approximate surface area is 321 Å². The third-order valence-corrected chi connectivity index (χ3v) is 28.0. The van der Waals surface area contributed by atoms with Crippen molar-refractivity contribution in [1.29, 1.82) is 0 Å². The number of aliphatic hydroxyl groups is 2. The van der Waals surface area contributed by atoms with E-state index in [9.17, 15) is 10.2 Å². The molecule has 0 saturated heterocycles. The summed E-state index contributed by atoms with van der Waals surface area (Å²) in [5, 5.41) is 28.7. The van der Waals surface area contributed by atoms with Crippen molar-refractivity contribution in [2.45, 2.75) is 128 Å². The fraction of sp³-hybridized carbons (Fsp3) is 0.435. The van der Waals surface area contributed by atoms with Crippen molar-refractivity contribution < 1.29 is 10.2 Å². The predicted molar refractivity (Wildman–Crippen MR) is 232 cm³/mol. The van der Waals surface area contributed by atoms with Gasteiger partial charge in [0.05, 0.1) is 0 Å². The quantitative estimate of drug-likeness (QED) is 0.134. The largest absolute Gasteiger partial charge is 0.369 e. The van der Waals surface area contributed by atoms with Crippen molar-refractivity contribution in [1.82, 2.24) is 0 Å². The van der Waals surface area contributed by atoms with Crippen LogP contribution in [0.15, 0.2) is 60.7 Å². The van der Waals surface area contributed by atoms with Crippen molar-refractivity contribution in [2.24, 2.45) is 0 Å². The molecule has 0 bridgehead atoms. The van der Waals surface area contributed by atoms with Crippen LogP contribution in [-0.4, -0.2) is 26.4 Å². The van der Waals surface area contributed by atoms with Crippen LogP contribution in [0.1, 0.15) is 105 Å². The summed E-state index contributed by atoms with van der Waals surface area (Å²) in [6.45, 7) is 27.9. The van der Waals surface area contributed by atoms with E-state index in [1.807, 2.05) is 0 Å². The summed E-state index contributed by atoms with van der Waals surface area (Å²) >= 11 is 3.44. The molecule has 0 fully saturated rings. The maximum Gasteiger partial charge on any atom is 0.178 e. The summed E-state index contributed by atoms with van der Waals surface area (Å²) < 4.78 is 2.28. The van der Waals surface area contributed by atoms with Gasteiger partial charge in [-0.1, -0.05) is 131 Å². The molecule has 0 spiro atoms. The molecule has 2 unspecified atom stereocenters. The number of thiophene rings is 2. The molecule has 2 N–H and O–H groups in total. The Hall–Kier alpha value is -2.95. The van der Waals surface area contributed by atoms with Crippen molar-refractivity contribution in [2.75, 3.05) is 0 Å². The Morgan fingerprint density at radius 3 is 1.12 bits per heavy atom. The second kappa shape index (κ2) is 12.8. The standard InChI is InChI=1S/C46H54O2S2Si2/c1-27(2)51(28(3)4,29(5)6)23-21-45(47)37-25-36-38(26-35(37)43-41(45)33-17-13-15-19-39(33)49-43)46(48,22-24-52(30(7)8,31(9)10)32(11)12)42-34-18-14-16-20-40(34)50-44(36)42/h13-20,25-32,47-48H,1-12H3. The maximum absolute atomic E-state index is 13.3. The van der Waals surface area contributed by atoms with E-state index < -0.39 is 27.3 Å². The topological polar surface area (TPSA) is 40.5 Å². The SMILES string of the molecule is CC(C)[Si](C#CC1(O)c2cc3c(cc2-c2sc4ccccc4c21)C(O)(C#C[Si](C(C)C)(C(C)C)C(C)C)c1c-3sc2ccccc12)(C(C)C)C(C)C. The molecule has 2 aliphatic carbocycles. The van der Waals surface area contributed by atoms with Crippen LogP contribution in [0, 0.1) is 22.9 Å². The van der Waals surface area contributed by atoms with Gasteiger partial charge in [0.2, 0.25) is 0 Å². The first-order chi connectivity index (χ1) is 24.5. The average Bonchev–Trinajstić information content (AvgIpc) is 3.78. The smallest absolute Gasteiger partial charge is 0.178 e. The number of rotatable bonds is 6. The molecule has 2 aromatic heterocycles. The van der Waals surface area contributed by atoms with Crippen molar-refractivity contribution in [3.8, 4) is 43.8 Å². The van der Waals surface area contributed by atoms with Gasteiger partial charge in [0.1, 0.15) is 16.1 Å². The van der Waals surface area contributed by atoms with E-state index in [1.54, 1.807) is 22.7 Å². The summed E-state index contributed by atoms with van der Waals surface area (Å²) in [4.78, 5) is 2.10. The lowest BCUT2D eigenvalue weighted by Gasteiger charge is -2.38. The molecule has 0 amide bonds. The molecule has 3 aromatic carbocycles. The molecule has 270 valence electrons. The molecule has 52 heavy (non-hydrogen) atoms. The molecular weight excluding hydrogens is 705 g/mol. The Morgan fingerprint density at radius 1 is 0.500 bits per heavy atom. The van der Waals surface area contributed by atoms with E-state index in [0.717, 1.165) is 63.3 Å². The van der Waals surface area contributed by atoms with E-state index in [4.69, 9.17) is 0 Å². The van der Waals surface area contributed by atoms with Gasteiger partial charge in [-0.3, -0.25) is 0 Å². The first kappa shape index (κ1) is 37.4. The van der Waals surface area contributed by atoms with Crippen LogP contribution < -0.4 is 0 Å². The van der Waals surface area contributed by atoms with Gasteiger partial charge in [0, 0.05) is 63.3 Å². The van der Waals surface area contributed by atoms with Crippen LogP contribution in [0.25, 0.3) is 41.1 Å². The molecule has 7 rings (SSSR count). The lowest BCUT2D eigenvalue weighted by Crippen LogP contribution is -2.44. The van der Waals surface area contributed by atoms with E-state index in [1.165, 1.54) is 0 Å². The van der Waals surface area contributed by atoms with Crippen molar-refractivity contribution in [3.05, 3.63) is 82.9 Å². The van der Waals surface area contributed by atoms with E-state index in [-0.39, 0.29) is 0 Å². The van der Waals surface area contributed by atoms with Gasteiger partial charge in [-0.2, -0.15) is 0 Å². The summed E-state index contributed by atoms with van der Waals surface area (Å²) in [5.41, 5.74) is 12.9. The van der Waals surface area contributed by atoms with E-state index >= 15 is 0 Å². The van der Waals surface area contributed by atoms with E-state index in [0.29, 0.717) is 33.2 Å². The van der Waals surface area contributed by atoms with Gasteiger partial charge in [0.25, 0.3) is 0 Å². The van der Waals surface area contributed by atoms with Crippen molar-refractivity contribution >= 4 is 59.0 Å². The zero-order valence-electron chi connectivity index (χ0n) is 32.9. The molecule has 0 aliphatic heterocycles. The average molecular weight is 759 g/mol. The Balaban J connectivity index is 1.57. The molecule has 5 aromatic rings. The molecule has 0 saturated carbocycles. The summed E-state index contributed by atoms with van der Waals surface area (Å²) in [6.07, 6.45) is 0. The molecule has 2 aliphatic rings. The van der Waals surface area contributed by atoms with Crippen LogP contribution in [-0.2, 0) is 11.2 Å². The minimum absolute atomic E-state index is 0.441. The highest BCUT2D eigenvalue weighted by Crippen LogP contribution is 2.61. The van der Waals surface area contributed by atoms with Crippen LogP contribution >= 0.6 is 22.7 Å². The predicted octanol–water partition coefficient (Wildman–Crippen LogP) is 13.0. The highest BCUT2D eigenvalue weighted by atomic mass is 32.1. The number of hydrogen-bond donors (Lipinski definition) is 2. The zero-order chi connectivity index (χ0) is 37.7. The van der Waals surface area contributed by atoms with Gasteiger partial charge in [0.15, 0.2) is 11.2 Å². The monoisotopic (exact) mass is 758 g/mol. The second-order valence-electron chi connectivity index (χ2n) is 17.3.